The van der Waals surface area contributed by atoms with Crippen LogP contribution in [0.1, 0.15) is 29.2 Å². The van der Waals surface area contributed by atoms with Crippen molar-refractivity contribution in [3.63, 3.8) is 0 Å². The number of halogens is 5. The van der Waals surface area contributed by atoms with Gasteiger partial charge in [-0.2, -0.15) is 13.2 Å². The Bertz CT molecular complexity index is 431. The molecule has 0 heterocycles. The number of rotatable bonds is 6. The zero-order valence-electron chi connectivity index (χ0n) is 10.8. The third kappa shape index (κ3) is 5.05. The third-order valence-corrected chi connectivity index (χ3v) is 2.74. The molecule has 0 spiro atoms. The molecule has 0 fully saturated rings. The van der Waals surface area contributed by atoms with Gasteiger partial charge in [-0.25, -0.2) is 8.78 Å². The van der Waals surface area contributed by atoms with E-state index in [4.69, 9.17) is 0 Å². The van der Waals surface area contributed by atoms with Gasteiger partial charge in [0.15, 0.2) is 0 Å². The second-order valence-corrected chi connectivity index (χ2v) is 4.34. The normalized spacial score (nSPS) is 13.8. The van der Waals surface area contributed by atoms with Crippen molar-refractivity contribution < 1.29 is 31.8 Å². The van der Waals surface area contributed by atoms with Crippen molar-refractivity contribution in [1.82, 2.24) is 0 Å². The fourth-order valence-corrected chi connectivity index (χ4v) is 1.75. The lowest BCUT2D eigenvalue weighted by Crippen LogP contribution is -2.10. The topological polar surface area (TPSA) is 29.5 Å². The average Bonchev–Trinajstić information content (AvgIpc) is 2.32. The number of hydrogen-bond donors (Lipinski definition) is 1. The molecule has 0 saturated carbocycles. The van der Waals surface area contributed by atoms with E-state index in [1.54, 1.807) is 0 Å². The molecule has 1 rings (SSSR count). The molecule has 1 N–H and O–H groups in total. The highest BCUT2D eigenvalue weighted by atomic mass is 19.4. The van der Waals surface area contributed by atoms with Gasteiger partial charge in [0, 0.05) is 13.0 Å². The predicted molar refractivity (Wildman–Crippen MR) is 62.6 cm³/mol. The maximum absolute atomic E-state index is 12.5. The molecule has 0 saturated heterocycles. The Morgan fingerprint density at radius 1 is 1.25 bits per heavy atom. The number of aliphatic hydroxyl groups is 1. The predicted octanol–water partition coefficient (Wildman–Crippen LogP) is 3.72. The molecule has 2 nitrogen and oxygen atoms in total. The first-order valence-electron chi connectivity index (χ1n) is 5.93. The van der Waals surface area contributed by atoms with E-state index >= 15 is 0 Å². The standard InChI is InChI=1S/C13H15F5O2/c1-8-6-9(13(16,17)18)2-3-10(8)11(19)4-5-20-7-12(14)15/h2-3,6,11-12,19H,4-5,7H2,1H3. The van der Waals surface area contributed by atoms with Crippen molar-refractivity contribution in [2.45, 2.75) is 32.1 Å². The molecule has 114 valence electrons. The molecule has 0 amide bonds. The third-order valence-electron chi connectivity index (χ3n) is 2.74. The second-order valence-electron chi connectivity index (χ2n) is 4.34. The van der Waals surface area contributed by atoms with Crippen LogP contribution in [0.2, 0.25) is 0 Å². The summed E-state index contributed by atoms with van der Waals surface area (Å²) in [5.41, 5.74) is -0.167. The molecule has 0 aromatic heterocycles. The van der Waals surface area contributed by atoms with Crippen molar-refractivity contribution >= 4 is 0 Å². The van der Waals surface area contributed by atoms with E-state index in [2.05, 4.69) is 4.74 Å². The van der Waals surface area contributed by atoms with Crippen LogP contribution < -0.4 is 0 Å². The fourth-order valence-electron chi connectivity index (χ4n) is 1.75. The van der Waals surface area contributed by atoms with E-state index in [0.29, 0.717) is 11.1 Å². The Balaban J connectivity index is 2.63. The summed E-state index contributed by atoms with van der Waals surface area (Å²) in [6, 6.07) is 3.01. The van der Waals surface area contributed by atoms with Gasteiger partial charge in [0.2, 0.25) is 0 Å². The molecular formula is C13H15F5O2. The van der Waals surface area contributed by atoms with Gasteiger partial charge in [0.25, 0.3) is 6.43 Å². The van der Waals surface area contributed by atoms with Gasteiger partial charge in [0.05, 0.1) is 11.7 Å². The van der Waals surface area contributed by atoms with Crippen LogP contribution in [0.15, 0.2) is 18.2 Å². The Kier molecular flexibility index (Phi) is 5.88. The molecule has 1 unspecified atom stereocenters. The van der Waals surface area contributed by atoms with Crippen LogP contribution in [0.4, 0.5) is 22.0 Å². The highest BCUT2D eigenvalue weighted by molar-refractivity contribution is 5.33. The Hall–Kier alpha value is -1.21. The fraction of sp³-hybridized carbons (Fsp3) is 0.538. The van der Waals surface area contributed by atoms with Crippen LogP contribution in [-0.4, -0.2) is 24.7 Å². The lowest BCUT2D eigenvalue weighted by Gasteiger charge is -2.16. The van der Waals surface area contributed by atoms with Crippen LogP contribution in [0, 0.1) is 6.92 Å². The number of alkyl halides is 5. The minimum absolute atomic E-state index is 0.0406. The number of aryl methyl sites for hydroxylation is 1. The largest absolute Gasteiger partial charge is 0.416 e. The maximum atomic E-state index is 12.5. The van der Waals surface area contributed by atoms with Gasteiger partial charge in [-0.15, -0.1) is 0 Å². The molecule has 1 aromatic rings. The van der Waals surface area contributed by atoms with Gasteiger partial charge in [0.1, 0.15) is 6.61 Å². The monoisotopic (exact) mass is 298 g/mol. The highest BCUT2D eigenvalue weighted by Crippen LogP contribution is 2.32. The molecule has 0 aliphatic carbocycles. The number of benzene rings is 1. The summed E-state index contributed by atoms with van der Waals surface area (Å²) < 4.78 is 65.6. The zero-order valence-corrected chi connectivity index (χ0v) is 10.8. The van der Waals surface area contributed by atoms with E-state index in [0.717, 1.165) is 12.1 Å². The van der Waals surface area contributed by atoms with Crippen LogP contribution in [0.3, 0.4) is 0 Å². The lowest BCUT2D eigenvalue weighted by molar-refractivity contribution is -0.137. The molecule has 0 bridgehead atoms. The summed E-state index contributed by atoms with van der Waals surface area (Å²) in [5.74, 6) is 0. The summed E-state index contributed by atoms with van der Waals surface area (Å²) in [4.78, 5) is 0. The number of ether oxygens (including phenoxy) is 1. The van der Waals surface area contributed by atoms with Crippen LogP contribution in [0.5, 0.6) is 0 Å². The maximum Gasteiger partial charge on any atom is 0.416 e. The lowest BCUT2D eigenvalue weighted by atomic mass is 9.99. The van der Waals surface area contributed by atoms with E-state index < -0.39 is 30.9 Å². The second kappa shape index (κ2) is 6.99. The van der Waals surface area contributed by atoms with Gasteiger partial charge in [-0.05, 0) is 30.2 Å². The van der Waals surface area contributed by atoms with Crippen molar-refractivity contribution in [3.8, 4) is 0 Å². The summed E-state index contributed by atoms with van der Waals surface area (Å²) >= 11 is 0. The summed E-state index contributed by atoms with van der Waals surface area (Å²) in [6.45, 7) is 0.637. The Labute approximate surface area is 113 Å². The molecule has 1 atom stereocenters. The van der Waals surface area contributed by atoms with Crippen molar-refractivity contribution in [2.24, 2.45) is 0 Å². The summed E-state index contributed by atoms with van der Waals surface area (Å²) in [7, 11) is 0. The Morgan fingerprint density at radius 3 is 2.40 bits per heavy atom. The van der Waals surface area contributed by atoms with E-state index in [1.807, 2.05) is 0 Å². The molecule has 7 heteroatoms. The van der Waals surface area contributed by atoms with Crippen molar-refractivity contribution in [1.29, 1.82) is 0 Å². The van der Waals surface area contributed by atoms with Gasteiger partial charge < -0.3 is 9.84 Å². The highest BCUT2D eigenvalue weighted by Gasteiger charge is 2.30. The Morgan fingerprint density at radius 2 is 1.90 bits per heavy atom. The minimum Gasteiger partial charge on any atom is -0.388 e. The zero-order chi connectivity index (χ0) is 15.3. The first kappa shape index (κ1) is 16.8. The molecule has 0 aliphatic heterocycles. The van der Waals surface area contributed by atoms with Crippen molar-refractivity contribution in [2.75, 3.05) is 13.2 Å². The van der Waals surface area contributed by atoms with E-state index in [1.165, 1.54) is 13.0 Å². The summed E-state index contributed by atoms with van der Waals surface area (Å²) in [5, 5.41) is 9.81. The first-order chi connectivity index (χ1) is 9.21. The van der Waals surface area contributed by atoms with Gasteiger partial charge >= 0.3 is 6.18 Å². The number of aliphatic hydroxyl groups excluding tert-OH is 1. The van der Waals surface area contributed by atoms with Crippen LogP contribution in [-0.2, 0) is 10.9 Å². The van der Waals surface area contributed by atoms with E-state index in [-0.39, 0.29) is 13.0 Å². The van der Waals surface area contributed by atoms with Crippen LogP contribution >= 0.6 is 0 Å². The van der Waals surface area contributed by atoms with Crippen LogP contribution in [0.25, 0.3) is 0 Å². The average molecular weight is 298 g/mol. The molecule has 1 aromatic carbocycles. The quantitative estimate of drug-likeness (QED) is 0.640. The minimum atomic E-state index is -4.44. The van der Waals surface area contributed by atoms with E-state index in [9.17, 15) is 27.1 Å². The van der Waals surface area contributed by atoms with Gasteiger partial charge in [-0.1, -0.05) is 6.07 Å². The number of hydrogen-bond acceptors (Lipinski definition) is 2. The smallest absolute Gasteiger partial charge is 0.388 e. The molecular weight excluding hydrogens is 283 g/mol. The molecule has 20 heavy (non-hydrogen) atoms. The summed E-state index contributed by atoms with van der Waals surface area (Å²) in [6.07, 6.45) is -8.03. The SMILES string of the molecule is Cc1cc(C(F)(F)F)ccc1C(O)CCOCC(F)F. The first-order valence-corrected chi connectivity index (χ1v) is 5.93. The van der Waals surface area contributed by atoms with Crippen molar-refractivity contribution in [3.05, 3.63) is 34.9 Å². The molecule has 0 aliphatic rings. The van der Waals surface area contributed by atoms with Gasteiger partial charge in [-0.3, -0.25) is 0 Å². The molecule has 0 radical (unpaired) electrons.